The lowest BCUT2D eigenvalue weighted by atomic mass is 10.1. The smallest absolute Gasteiger partial charge is 0.266 e. The highest BCUT2D eigenvalue weighted by Gasteiger charge is 2.37. The number of benzene rings is 2. The monoisotopic (exact) mass is 500 g/mol. The van der Waals surface area contributed by atoms with Crippen LogP contribution in [0.3, 0.4) is 0 Å². The van der Waals surface area contributed by atoms with Crippen molar-refractivity contribution in [3.63, 3.8) is 0 Å². The van der Waals surface area contributed by atoms with Crippen molar-refractivity contribution in [3.05, 3.63) is 93.1 Å². The van der Waals surface area contributed by atoms with Crippen LogP contribution in [-0.4, -0.2) is 31.3 Å². The van der Waals surface area contributed by atoms with E-state index in [9.17, 15) is 28.1 Å². The van der Waals surface area contributed by atoms with Crippen molar-refractivity contribution in [2.75, 3.05) is 0 Å². The number of amides is 1. The summed E-state index contributed by atoms with van der Waals surface area (Å²) in [6.07, 6.45) is -4.69. The summed E-state index contributed by atoms with van der Waals surface area (Å²) < 4.78 is 41.6. The van der Waals surface area contributed by atoms with Crippen LogP contribution in [0.15, 0.2) is 71.1 Å². The van der Waals surface area contributed by atoms with Crippen LogP contribution in [0.25, 0.3) is 16.4 Å². The molecule has 1 N–H and O–H groups in total. The average molecular weight is 500 g/mol. The summed E-state index contributed by atoms with van der Waals surface area (Å²) in [5.74, 6) is -0.738. The molecule has 0 saturated heterocycles. The Labute approximate surface area is 199 Å². The zero-order chi connectivity index (χ0) is 25.2. The predicted octanol–water partition coefficient (Wildman–Crippen LogP) is 5.08. The Bertz CT molecular complexity index is 1410. The van der Waals surface area contributed by atoms with Gasteiger partial charge in [-0.05, 0) is 30.7 Å². The molecule has 0 fully saturated rings. The van der Waals surface area contributed by atoms with Gasteiger partial charge in [0.15, 0.2) is 5.69 Å². The number of hydrogen-bond acceptors (Lipinski definition) is 7. The number of nitro groups is 1. The SMILES string of the molecule is C/C(=N/NC(=O)c1csc(-n2nc(-c3ccccc3)cc2C(F)(F)F)n1)c1ccc([N+](=O)[O-])cc1. The zero-order valence-electron chi connectivity index (χ0n) is 17.9. The van der Waals surface area contributed by atoms with Gasteiger partial charge >= 0.3 is 6.18 Å². The van der Waals surface area contributed by atoms with Gasteiger partial charge in [0.2, 0.25) is 5.13 Å². The number of thiazole rings is 1. The van der Waals surface area contributed by atoms with E-state index in [0.29, 0.717) is 21.5 Å². The standard InChI is InChI=1S/C22H15F3N6O3S/c1-13(14-7-9-16(10-8-14)31(33)34)27-28-20(32)18-12-35-21(26-18)30-19(22(23,24)25)11-17(29-30)15-5-3-2-4-6-15/h2-12H,1H3,(H,28,32)/b27-13-. The summed E-state index contributed by atoms with van der Waals surface area (Å²) in [6.45, 7) is 1.58. The van der Waals surface area contributed by atoms with E-state index < -0.39 is 22.7 Å². The van der Waals surface area contributed by atoms with Crippen molar-refractivity contribution in [2.24, 2.45) is 5.10 Å². The molecule has 1 amide bonds. The normalized spacial score (nSPS) is 11.9. The molecule has 0 aliphatic carbocycles. The molecule has 0 saturated carbocycles. The van der Waals surface area contributed by atoms with Gasteiger partial charge in [-0.1, -0.05) is 30.3 Å². The van der Waals surface area contributed by atoms with Gasteiger partial charge < -0.3 is 0 Å². The summed E-state index contributed by atoms with van der Waals surface area (Å²) in [7, 11) is 0. The van der Waals surface area contributed by atoms with E-state index in [1.54, 1.807) is 37.3 Å². The number of nitrogens with zero attached hydrogens (tertiary/aromatic N) is 5. The van der Waals surface area contributed by atoms with E-state index in [1.165, 1.54) is 29.6 Å². The Kier molecular flexibility index (Phi) is 6.42. The first kappa shape index (κ1) is 23.8. The molecule has 0 spiro atoms. The highest BCUT2D eigenvalue weighted by Crippen LogP contribution is 2.34. The topological polar surface area (TPSA) is 115 Å². The van der Waals surface area contributed by atoms with E-state index in [2.05, 4.69) is 20.6 Å². The molecule has 0 aliphatic rings. The van der Waals surface area contributed by atoms with Crippen LogP contribution in [0, 0.1) is 10.1 Å². The molecule has 13 heteroatoms. The molecular formula is C22H15F3N6O3S. The molecule has 0 atom stereocenters. The molecule has 2 aromatic carbocycles. The lowest BCUT2D eigenvalue weighted by molar-refractivity contribution is -0.384. The van der Waals surface area contributed by atoms with Gasteiger partial charge in [-0.15, -0.1) is 11.3 Å². The van der Waals surface area contributed by atoms with Gasteiger partial charge in [0.1, 0.15) is 5.69 Å². The third-order valence-electron chi connectivity index (χ3n) is 4.80. The fraction of sp³-hybridized carbons (Fsp3) is 0.0909. The second kappa shape index (κ2) is 9.46. The van der Waals surface area contributed by atoms with Crippen LogP contribution in [0.5, 0.6) is 0 Å². The Morgan fingerprint density at radius 1 is 1.14 bits per heavy atom. The van der Waals surface area contributed by atoms with Gasteiger partial charge in [0, 0.05) is 23.1 Å². The van der Waals surface area contributed by atoms with E-state index in [-0.39, 0.29) is 22.2 Å². The lowest BCUT2D eigenvalue weighted by Gasteiger charge is -2.07. The molecule has 0 unspecified atom stereocenters. The number of alkyl halides is 3. The van der Waals surface area contributed by atoms with Crippen LogP contribution in [0.2, 0.25) is 0 Å². The Morgan fingerprint density at radius 3 is 2.46 bits per heavy atom. The maximum Gasteiger partial charge on any atom is 0.433 e. The van der Waals surface area contributed by atoms with E-state index >= 15 is 0 Å². The van der Waals surface area contributed by atoms with E-state index in [1.807, 2.05) is 0 Å². The molecule has 178 valence electrons. The first-order valence-corrected chi connectivity index (χ1v) is 10.8. The fourth-order valence-electron chi connectivity index (χ4n) is 3.03. The van der Waals surface area contributed by atoms with Gasteiger partial charge in [-0.25, -0.2) is 15.1 Å². The molecule has 2 heterocycles. The van der Waals surface area contributed by atoms with Crippen molar-refractivity contribution in [1.82, 2.24) is 20.2 Å². The number of aromatic nitrogens is 3. The number of hydrogen-bond donors (Lipinski definition) is 1. The Balaban J connectivity index is 1.56. The minimum Gasteiger partial charge on any atom is -0.266 e. The minimum absolute atomic E-state index is 0.0899. The van der Waals surface area contributed by atoms with Gasteiger partial charge in [-0.2, -0.15) is 23.4 Å². The average Bonchev–Trinajstić information content (AvgIpc) is 3.50. The number of non-ortho nitro benzene ring substituents is 1. The first-order chi connectivity index (χ1) is 16.6. The Hall–Kier alpha value is -4.39. The van der Waals surface area contributed by atoms with Crippen LogP contribution in [0.4, 0.5) is 18.9 Å². The maximum atomic E-state index is 13.7. The van der Waals surface area contributed by atoms with Crippen LogP contribution in [-0.2, 0) is 6.18 Å². The molecule has 2 aromatic heterocycles. The maximum absolute atomic E-state index is 13.7. The number of nitro benzene ring substituents is 1. The van der Waals surface area contributed by atoms with Crippen molar-refractivity contribution in [3.8, 4) is 16.4 Å². The fourth-order valence-corrected chi connectivity index (χ4v) is 3.79. The molecular weight excluding hydrogens is 485 g/mol. The molecule has 0 radical (unpaired) electrons. The van der Waals surface area contributed by atoms with Crippen LogP contribution in [0.1, 0.15) is 28.7 Å². The van der Waals surface area contributed by atoms with Crippen molar-refractivity contribution < 1.29 is 22.9 Å². The van der Waals surface area contributed by atoms with E-state index in [0.717, 1.165) is 17.4 Å². The predicted molar refractivity (Wildman–Crippen MR) is 122 cm³/mol. The highest BCUT2D eigenvalue weighted by atomic mass is 32.1. The van der Waals surface area contributed by atoms with Crippen molar-refractivity contribution in [1.29, 1.82) is 0 Å². The molecule has 4 aromatic rings. The number of rotatable bonds is 6. The Morgan fingerprint density at radius 2 is 1.83 bits per heavy atom. The summed E-state index contributed by atoms with van der Waals surface area (Å²) >= 11 is 0.821. The zero-order valence-corrected chi connectivity index (χ0v) is 18.7. The third-order valence-corrected chi connectivity index (χ3v) is 5.61. The van der Waals surface area contributed by atoms with Crippen LogP contribution < -0.4 is 5.43 Å². The molecule has 0 aliphatic heterocycles. The number of halogens is 3. The number of carbonyl (C=O) groups is 1. The number of carbonyl (C=O) groups excluding carboxylic acids is 1. The second-order valence-corrected chi connectivity index (χ2v) is 7.98. The number of hydrazone groups is 1. The first-order valence-electron chi connectivity index (χ1n) is 9.91. The van der Waals surface area contributed by atoms with Gasteiger partial charge in [0.05, 0.1) is 16.3 Å². The highest BCUT2D eigenvalue weighted by molar-refractivity contribution is 7.12. The molecule has 35 heavy (non-hydrogen) atoms. The molecule has 0 bridgehead atoms. The van der Waals surface area contributed by atoms with Crippen LogP contribution >= 0.6 is 11.3 Å². The summed E-state index contributed by atoms with van der Waals surface area (Å²) in [4.78, 5) is 26.7. The second-order valence-electron chi connectivity index (χ2n) is 7.15. The summed E-state index contributed by atoms with van der Waals surface area (Å²) in [5.41, 5.74) is 2.54. The summed E-state index contributed by atoms with van der Waals surface area (Å²) in [6, 6.07) is 14.9. The third kappa shape index (κ3) is 5.24. The number of nitrogens with one attached hydrogen (secondary N) is 1. The van der Waals surface area contributed by atoms with Gasteiger partial charge in [-0.3, -0.25) is 14.9 Å². The van der Waals surface area contributed by atoms with Gasteiger partial charge in [0.25, 0.3) is 11.6 Å². The molecule has 4 rings (SSSR count). The largest absolute Gasteiger partial charge is 0.433 e. The van der Waals surface area contributed by atoms with Crippen molar-refractivity contribution in [2.45, 2.75) is 13.1 Å². The van der Waals surface area contributed by atoms with Crippen molar-refractivity contribution >= 4 is 28.6 Å². The molecule has 9 nitrogen and oxygen atoms in total. The quantitative estimate of drug-likeness (QED) is 0.225. The minimum atomic E-state index is -4.69. The summed E-state index contributed by atoms with van der Waals surface area (Å²) in [5, 5.41) is 19.9. The van der Waals surface area contributed by atoms with E-state index in [4.69, 9.17) is 0 Å². The lowest BCUT2D eigenvalue weighted by Crippen LogP contribution is -2.20.